The van der Waals surface area contributed by atoms with Crippen molar-refractivity contribution in [3.05, 3.63) is 35.9 Å². The van der Waals surface area contributed by atoms with E-state index in [1.807, 2.05) is 18.2 Å². The summed E-state index contributed by atoms with van der Waals surface area (Å²) in [6.07, 6.45) is 3.22. The summed E-state index contributed by atoms with van der Waals surface area (Å²) >= 11 is 0. The number of benzene rings is 1. The summed E-state index contributed by atoms with van der Waals surface area (Å²) in [6.45, 7) is 2.63. The molecule has 18 heavy (non-hydrogen) atoms. The monoisotopic (exact) mass is 249 g/mol. The first kappa shape index (κ1) is 14.7. The summed E-state index contributed by atoms with van der Waals surface area (Å²) in [7, 11) is 0. The van der Waals surface area contributed by atoms with Gasteiger partial charge in [-0.2, -0.15) is 0 Å². The highest BCUT2D eigenvalue weighted by Gasteiger charge is 2.15. The maximum atomic E-state index is 10.7. The largest absolute Gasteiger partial charge is 0.481 e. The van der Waals surface area contributed by atoms with Gasteiger partial charge in [0.2, 0.25) is 0 Å². The van der Waals surface area contributed by atoms with Crippen LogP contribution in [0.5, 0.6) is 0 Å². The molecule has 3 heteroatoms. The highest BCUT2D eigenvalue weighted by atomic mass is 16.4. The van der Waals surface area contributed by atoms with Crippen LogP contribution in [0.15, 0.2) is 30.3 Å². The van der Waals surface area contributed by atoms with Gasteiger partial charge in [0.25, 0.3) is 0 Å². The SMILES string of the molecule is CC(CCc1ccccc1)C[C@H](CN)CC(=O)O. The lowest BCUT2D eigenvalue weighted by molar-refractivity contribution is -0.138. The van der Waals surface area contributed by atoms with Crippen molar-refractivity contribution in [2.45, 2.75) is 32.6 Å². The van der Waals surface area contributed by atoms with Gasteiger partial charge in [-0.3, -0.25) is 4.79 Å². The molecule has 0 aromatic heterocycles. The molecule has 0 amide bonds. The fourth-order valence-electron chi connectivity index (χ4n) is 2.25. The second kappa shape index (κ2) is 7.88. The molecule has 0 aliphatic carbocycles. The second-order valence-electron chi connectivity index (χ2n) is 5.06. The first-order valence-electron chi connectivity index (χ1n) is 6.57. The smallest absolute Gasteiger partial charge is 0.303 e. The zero-order valence-corrected chi connectivity index (χ0v) is 11.0. The van der Waals surface area contributed by atoms with E-state index in [2.05, 4.69) is 19.1 Å². The molecule has 0 radical (unpaired) electrons. The third-order valence-corrected chi connectivity index (χ3v) is 3.30. The van der Waals surface area contributed by atoms with E-state index in [1.54, 1.807) is 0 Å². The first-order valence-corrected chi connectivity index (χ1v) is 6.57. The zero-order valence-electron chi connectivity index (χ0n) is 11.0. The molecule has 0 bridgehead atoms. The van der Waals surface area contributed by atoms with Gasteiger partial charge in [-0.15, -0.1) is 0 Å². The minimum Gasteiger partial charge on any atom is -0.481 e. The molecule has 3 nitrogen and oxygen atoms in total. The van der Waals surface area contributed by atoms with Gasteiger partial charge in [-0.1, -0.05) is 37.3 Å². The predicted octanol–water partition coefficient (Wildman–Crippen LogP) is 2.70. The summed E-state index contributed by atoms with van der Waals surface area (Å²) in [5.41, 5.74) is 6.95. The molecule has 2 atom stereocenters. The van der Waals surface area contributed by atoms with E-state index in [-0.39, 0.29) is 12.3 Å². The van der Waals surface area contributed by atoms with Crippen LogP contribution >= 0.6 is 0 Å². The molecule has 0 fully saturated rings. The van der Waals surface area contributed by atoms with Crippen molar-refractivity contribution in [2.24, 2.45) is 17.6 Å². The summed E-state index contributed by atoms with van der Waals surface area (Å²) in [4.78, 5) is 10.7. The standard InChI is InChI=1S/C15H23NO2/c1-12(9-14(11-16)10-15(17)18)7-8-13-5-3-2-4-6-13/h2-6,12,14H,7-11,16H2,1H3,(H,17,18)/t12?,14-/m0/s1. The molecule has 0 aliphatic rings. The van der Waals surface area contributed by atoms with E-state index in [0.29, 0.717) is 12.5 Å². The van der Waals surface area contributed by atoms with Crippen LogP contribution in [0.2, 0.25) is 0 Å². The summed E-state index contributed by atoms with van der Waals surface area (Å²) in [5.74, 6) is -0.132. The van der Waals surface area contributed by atoms with Crippen molar-refractivity contribution >= 4 is 5.97 Å². The number of hydrogen-bond acceptors (Lipinski definition) is 2. The van der Waals surface area contributed by atoms with Crippen LogP contribution in [-0.4, -0.2) is 17.6 Å². The van der Waals surface area contributed by atoms with E-state index >= 15 is 0 Å². The highest BCUT2D eigenvalue weighted by molar-refractivity contribution is 5.67. The van der Waals surface area contributed by atoms with E-state index in [4.69, 9.17) is 10.8 Å². The number of rotatable bonds is 8. The number of aryl methyl sites for hydroxylation is 1. The average Bonchev–Trinajstić information content (AvgIpc) is 2.36. The van der Waals surface area contributed by atoms with Crippen LogP contribution in [0.25, 0.3) is 0 Å². The van der Waals surface area contributed by atoms with Crippen LogP contribution in [0.3, 0.4) is 0 Å². The van der Waals surface area contributed by atoms with Crippen LogP contribution in [-0.2, 0) is 11.2 Å². The third-order valence-electron chi connectivity index (χ3n) is 3.30. The molecule has 1 aromatic carbocycles. The topological polar surface area (TPSA) is 63.3 Å². The van der Waals surface area contributed by atoms with E-state index in [0.717, 1.165) is 19.3 Å². The lowest BCUT2D eigenvalue weighted by Crippen LogP contribution is -2.20. The van der Waals surface area contributed by atoms with Gasteiger partial charge < -0.3 is 10.8 Å². The van der Waals surface area contributed by atoms with Crippen molar-refractivity contribution in [3.63, 3.8) is 0 Å². The maximum absolute atomic E-state index is 10.7. The number of carbonyl (C=O) groups is 1. The number of nitrogens with two attached hydrogens (primary N) is 1. The molecular weight excluding hydrogens is 226 g/mol. The molecule has 0 spiro atoms. The van der Waals surface area contributed by atoms with Crippen LogP contribution in [0, 0.1) is 11.8 Å². The number of carboxylic acid groups (broad SMARTS) is 1. The second-order valence-corrected chi connectivity index (χ2v) is 5.06. The summed E-state index contributed by atoms with van der Waals surface area (Å²) in [5, 5.41) is 8.78. The van der Waals surface area contributed by atoms with Gasteiger partial charge in [0, 0.05) is 6.42 Å². The maximum Gasteiger partial charge on any atom is 0.303 e. The molecule has 1 unspecified atom stereocenters. The van der Waals surface area contributed by atoms with Crippen molar-refractivity contribution in [2.75, 3.05) is 6.54 Å². The Bertz CT molecular complexity index is 351. The fraction of sp³-hybridized carbons (Fsp3) is 0.533. The molecule has 1 rings (SSSR count). The molecule has 1 aromatic rings. The number of aliphatic carboxylic acids is 1. The predicted molar refractivity (Wildman–Crippen MR) is 73.3 cm³/mol. The van der Waals surface area contributed by atoms with Crippen molar-refractivity contribution < 1.29 is 9.90 Å². The number of hydrogen-bond donors (Lipinski definition) is 2. The third kappa shape index (κ3) is 5.82. The van der Waals surface area contributed by atoms with Gasteiger partial charge in [0.15, 0.2) is 0 Å². The Kier molecular flexibility index (Phi) is 6.44. The molecule has 100 valence electrons. The van der Waals surface area contributed by atoms with Gasteiger partial charge in [0.05, 0.1) is 0 Å². The Labute approximate surface area is 109 Å². The summed E-state index contributed by atoms with van der Waals surface area (Å²) < 4.78 is 0. The van der Waals surface area contributed by atoms with Crippen LogP contribution < -0.4 is 5.73 Å². The van der Waals surface area contributed by atoms with Gasteiger partial charge in [-0.25, -0.2) is 0 Å². The Morgan fingerprint density at radius 1 is 1.33 bits per heavy atom. The molecule has 0 saturated carbocycles. The molecule has 3 N–H and O–H groups in total. The summed E-state index contributed by atoms with van der Waals surface area (Å²) in [6, 6.07) is 10.4. The fourth-order valence-corrected chi connectivity index (χ4v) is 2.25. The van der Waals surface area contributed by atoms with Gasteiger partial charge >= 0.3 is 5.97 Å². The van der Waals surface area contributed by atoms with Crippen LogP contribution in [0.1, 0.15) is 31.7 Å². The molecule has 0 aliphatic heterocycles. The molecule has 0 saturated heterocycles. The Morgan fingerprint density at radius 3 is 2.56 bits per heavy atom. The Morgan fingerprint density at radius 2 is 2.00 bits per heavy atom. The van der Waals surface area contributed by atoms with E-state index < -0.39 is 5.97 Å². The first-order chi connectivity index (χ1) is 8.61. The van der Waals surface area contributed by atoms with Crippen molar-refractivity contribution in [3.8, 4) is 0 Å². The van der Waals surface area contributed by atoms with Gasteiger partial charge in [0.1, 0.15) is 0 Å². The lowest BCUT2D eigenvalue weighted by atomic mass is 9.89. The van der Waals surface area contributed by atoms with Gasteiger partial charge in [-0.05, 0) is 43.2 Å². The zero-order chi connectivity index (χ0) is 13.4. The normalized spacial score (nSPS) is 14.1. The Hall–Kier alpha value is -1.35. The molecular formula is C15H23NO2. The minimum atomic E-state index is -0.749. The van der Waals surface area contributed by atoms with Crippen molar-refractivity contribution in [1.82, 2.24) is 0 Å². The molecule has 0 heterocycles. The quantitative estimate of drug-likeness (QED) is 0.744. The van der Waals surface area contributed by atoms with Crippen molar-refractivity contribution in [1.29, 1.82) is 0 Å². The van der Waals surface area contributed by atoms with E-state index in [1.165, 1.54) is 5.56 Å². The lowest BCUT2D eigenvalue weighted by Gasteiger charge is -2.18. The highest BCUT2D eigenvalue weighted by Crippen LogP contribution is 2.19. The Balaban J connectivity index is 2.32. The van der Waals surface area contributed by atoms with E-state index in [9.17, 15) is 4.79 Å². The minimum absolute atomic E-state index is 0.105. The van der Waals surface area contributed by atoms with Crippen LogP contribution in [0.4, 0.5) is 0 Å². The average molecular weight is 249 g/mol. The number of carboxylic acids is 1.